The zero-order valence-corrected chi connectivity index (χ0v) is 20.4. The first-order chi connectivity index (χ1) is 16.2. The molecule has 10 nitrogen and oxygen atoms in total. The van der Waals surface area contributed by atoms with E-state index < -0.39 is 16.1 Å². The molecule has 1 aromatic carbocycles. The number of amides is 2. The highest BCUT2D eigenvalue weighted by Crippen LogP contribution is 2.28. The first-order valence-corrected chi connectivity index (χ1v) is 12.8. The number of aromatic nitrogens is 1. The third-order valence-electron chi connectivity index (χ3n) is 5.60. The van der Waals surface area contributed by atoms with Crippen molar-refractivity contribution in [2.24, 2.45) is 0 Å². The van der Waals surface area contributed by atoms with Gasteiger partial charge in [0.25, 0.3) is 5.91 Å². The first kappa shape index (κ1) is 25.4. The van der Waals surface area contributed by atoms with Crippen LogP contribution in [-0.2, 0) is 14.8 Å². The summed E-state index contributed by atoms with van der Waals surface area (Å²) in [6, 6.07) is 11.6. The van der Waals surface area contributed by atoms with E-state index in [0.29, 0.717) is 12.3 Å². The van der Waals surface area contributed by atoms with Gasteiger partial charge in [0.15, 0.2) is 0 Å². The molecule has 1 aromatic heterocycles. The van der Waals surface area contributed by atoms with Crippen LogP contribution in [0.3, 0.4) is 0 Å². The number of hydrogen-bond acceptors (Lipinski definition) is 7. The van der Waals surface area contributed by atoms with E-state index in [4.69, 9.17) is 9.47 Å². The van der Waals surface area contributed by atoms with Crippen molar-refractivity contribution in [3.05, 3.63) is 53.6 Å². The minimum Gasteiger partial charge on any atom is -0.481 e. The van der Waals surface area contributed by atoms with E-state index in [9.17, 15) is 18.0 Å². The summed E-state index contributed by atoms with van der Waals surface area (Å²) < 4.78 is 37.1. The molecule has 1 saturated heterocycles. The van der Waals surface area contributed by atoms with Crippen LogP contribution in [0.2, 0.25) is 0 Å². The second-order valence-corrected chi connectivity index (χ2v) is 9.85. The van der Waals surface area contributed by atoms with Crippen molar-refractivity contribution in [2.45, 2.75) is 18.9 Å². The summed E-state index contributed by atoms with van der Waals surface area (Å²) in [5.41, 5.74) is 0.996. The predicted molar refractivity (Wildman–Crippen MR) is 126 cm³/mol. The maximum atomic E-state index is 13.3. The van der Waals surface area contributed by atoms with Crippen LogP contribution < -0.4 is 14.8 Å². The molecule has 1 fully saturated rings. The molecule has 1 unspecified atom stereocenters. The molecular formula is C23H30N4O6S. The van der Waals surface area contributed by atoms with Gasteiger partial charge < -0.3 is 19.7 Å². The average molecular weight is 491 g/mol. The fraction of sp³-hybridized carbons (Fsp3) is 0.435. The van der Waals surface area contributed by atoms with E-state index in [2.05, 4.69) is 10.3 Å². The maximum absolute atomic E-state index is 13.3. The lowest BCUT2D eigenvalue weighted by atomic mass is 10.0. The number of ether oxygens (including phenoxy) is 2. The Balaban J connectivity index is 1.87. The maximum Gasteiger partial charge on any atom is 0.259 e. The van der Waals surface area contributed by atoms with Gasteiger partial charge in [0.2, 0.25) is 27.7 Å². The molecule has 2 aromatic rings. The van der Waals surface area contributed by atoms with Gasteiger partial charge in [-0.2, -0.15) is 9.29 Å². The monoisotopic (exact) mass is 490 g/mol. The van der Waals surface area contributed by atoms with Crippen molar-refractivity contribution in [1.29, 1.82) is 0 Å². The van der Waals surface area contributed by atoms with E-state index in [1.54, 1.807) is 17.0 Å². The van der Waals surface area contributed by atoms with Gasteiger partial charge in [-0.1, -0.05) is 30.3 Å². The quantitative estimate of drug-likeness (QED) is 0.674. The second-order valence-electron chi connectivity index (χ2n) is 7.91. The van der Waals surface area contributed by atoms with Crippen LogP contribution in [0.15, 0.2) is 42.5 Å². The van der Waals surface area contributed by atoms with Crippen LogP contribution >= 0.6 is 0 Å². The molecule has 1 aliphatic heterocycles. The number of pyridine rings is 1. The fourth-order valence-corrected chi connectivity index (χ4v) is 5.07. The highest BCUT2D eigenvalue weighted by Gasteiger charge is 2.31. The Morgan fingerprint density at radius 3 is 2.44 bits per heavy atom. The van der Waals surface area contributed by atoms with Gasteiger partial charge in [-0.05, 0) is 18.1 Å². The standard InChI is InChI=1S/C23H30N4O6S/c1-32-21-11-10-18(22(25-21)33-2)23(29)26-13-7-14-27(34(3,30)31)19(16-20(28)24-12-15-26)17-8-5-4-6-9-17/h4-6,8-11,19H,7,12-16H2,1-3H3,(H,24,28). The summed E-state index contributed by atoms with van der Waals surface area (Å²) in [7, 11) is -0.744. The highest BCUT2D eigenvalue weighted by atomic mass is 32.2. The Morgan fingerprint density at radius 1 is 1.06 bits per heavy atom. The highest BCUT2D eigenvalue weighted by molar-refractivity contribution is 7.88. The lowest BCUT2D eigenvalue weighted by Crippen LogP contribution is -2.39. The third kappa shape index (κ3) is 6.23. The van der Waals surface area contributed by atoms with Crippen LogP contribution in [0, 0.1) is 0 Å². The van der Waals surface area contributed by atoms with E-state index in [1.807, 2.05) is 30.3 Å². The molecule has 0 saturated carbocycles. The number of methoxy groups -OCH3 is 2. The summed E-state index contributed by atoms with van der Waals surface area (Å²) >= 11 is 0. The molecule has 3 rings (SSSR count). The van der Waals surface area contributed by atoms with Crippen molar-refractivity contribution in [1.82, 2.24) is 19.5 Å². The Kier molecular flexibility index (Phi) is 8.46. The van der Waals surface area contributed by atoms with Crippen molar-refractivity contribution in [3.63, 3.8) is 0 Å². The van der Waals surface area contributed by atoms with Crippen molar-refractivity contribution < 1.29 is 27.5 Å². The smallest absolute Gasteiger partial charge is 0.259 e. The summed E-state index contributed by atoms with van der Waals surface area (Å²) in [5.74, 6) is -0.176. The van der Waals surface area contributed by atoms with Crippen LogP contribution in [0.25, 0.3) is 0 Å². The van der Waals surface area contributed by atoms with Crippen LogP contribution in [0.1, 0.15) is 34.8 Å². The summed E-state index contributed by atoms with van der Waals surface area (Å²) in [6.45, 7) is 0.941. The largest absolute Gasteiger partial charge is 0.481 e. The molecule has 1 aliphatic rings. The Morgan fingerprint density at radius 2 is 1.79 bits per heavy atom. The molecule has 0 bridgehead atoms. The third-order valence-corrected chi connectivity index (χ3v) is 6.89. The normalized spacial score (nSPS) is 18.5. The second kappa shape index (κ2) is 11.3. The topological polar surface area (TPSA) is 118 Å². The Bertz CT molecular complexity index is 1110. The molecule has 1 N–H and O–H groups in total. The van der Waals surface area contributed by atoms with E-state index in [-0.39, 0.29) is 55.9 Å². The van der Waals surface area contributed by atoms with Gasteiger partial charge in [-0.25, -0.2) is 8.42 Å². The molecular weight excluding hydrogens is 460 g/mol. The van der Waals surface area contributed by atoms with Crippen molar-refractivity contribution in [3.8, 4) is 11.8 Å². The molecule has 2 heterocycles. The lowest BCUT2D eigenvalue weighted by Gasteiger charge is -2.30. The number of carbonyl (C=O) groups is 2. The fourth-order valence-electron chi connectivity index (χ4n) is 3.95. The molecule has 1 atom stereocenters. The molecule has 184 valence electrons. The van der Waals surface area contributed by atoms with Gasteiger partial charge in [-0.3, -0.25) is 9.59 Å². The number of sulfonamides is 1. The number of hydrogen-bond donors (Lipinski definition) is 1. The van der Waals surface area contributed by atoms with Crippen LogP contribution in [0.5, 0.6) is 11.8 Å². The van der Waals surface area contributed by atoms with Gasteiger partial charge in [0, 0.05) is 38.7 Å². The number of nitrogens with zero attached hydrogens (tertiary/aromatic N) is 3. The summed E-state index contributed by atoms with van der Waals surface area (Å²) in [4.78, 5) is 31.7. The minimum absolute atomic E-state index is 0.0126. The van der Waals surface area contributed by atoms with Crippen molar-refractivity contribution >= 4 is 21.8 Å². The SMILES string of the molecule is COc1ccc(C(=O)N2CCCN(S(C)(=O)=O)C(c3ccccc3)CC(=O)NCC2)c(OC)n1. The van der Waals surface area contributed by atoms with E-state index >= 15 is 0 Å². The molecule has 11 heteroatoms. The van der Waals surface area contributed by atoms with Gasteiger partial charge in [0.1, 0.15) is 5.56 Å². The van der Waals surface area contributed by atoms with Crippen LogP contribution in [-0.4, -0.2) is 81.1 Å². The molecule has 0 spiro atoms. The molecule has 0 aliphatic carbocycles. The number of nitrogens with one attached hydrogen (secondary N) is 1. The van der Waals surface area contributed by atoms with E-state index in [0.717, 1.165) is 11.8 Å². The van der Waals surface area contributed by atoms with E-state index in [1.165, 1.54) is 18.5 Å². The minimum atomic E-state index is -3.63. The molecule has 0 radical (unpaired) electrons. The average Bonchev–Trinajstić information content (AvgIpc) is 2.86. The Labute approximate surface area is 199 Å². The predicted octanol–water partition coefficient (Wildman–Crippen LogP) is 1.45. The molecule has 2 amide bonds. The summed E-state index contributed by atoms with van der Waals surface area (Å²) in [5, 5.41) is 2.81. The number of benzene rings is 1. The number of carbonyl (C=O) groups excluding carboxylic acids is 2. The van der Waals surface area contributed by atoms with Gasteiger partial charge >= 0.3 is 0 Å². The van der Waals surface area contributed by atoms with Gasteiger partial charge in [-0.15, -0.1) is 0 Å². The zero-order valence-electron chi connectivity index (χ0n) is 19.6. The van der Waals surface area contributed by atoms with Gasteiger partial charge in [0.05, 0.1) is 26.5 Å². The van der Waals surface area contributed by atoms with Crippen molar-refractivity contribution in [2.75, 3.05) is 46.7 Å². The first-order valence-electron chi connectivity index (χ1n) is 10.9. The summed E-state index contributed by atoms with van der Waals surface area (Å²) in [6.07, 6.45) is 1.51. The molecule has 34 heavy (non-hydrogen) atoms. The van der Waals surface area contributed by atoms with Crippen LogP contribution in [0.4, 0.5) is 0 Å². The lowest BCUT2D eigenvalue weighted by molar-refractivity contribution is -0.122. The number of rotatable bonds is 5. The zero-order chi connectivity index (χ0) is 24.7. The Hall–Kier alpha value is -3.18.